The van der Waals surface area contributed by atoms with Crippen molar-refractivity contribution in [1.82, 2.24) is 0 Å². The Morgan fingerprint density at radius 1 is 1.37 bits per heavy atom. The van der Waals surface area contributed by atoms with Crippen molar-refractivity contribution in [3.63, 3.8) is 0 Å². The van der Waals surface area contributed by atoms with Crippen LogP contribution in [0, 0.1) is 0 Å². The standard InChI is InChI=1S/C15H22O4/c1-15(2,9-14(16)17)12-7-5-6-11(8-12)13(19-4)10-18-3/h5-8,13H,9-10H2,1-4H3,(H,16,17). The van der Waals surface area contributed by atoms with Crippen molar-refractivity contribution in [2.24, 2.45) is 0 Å². The summed E-state index contributed by atoms with van der Waals surface area (Å²) in [5.74, 6) is -0.796. The number of rotatable bonds is 7. The second-order valence-electron chi connectivity index (χ2n) is 5.26. The molecule has 0 heterocycles. The molecule has 0 fully saturated rings. The molecule has 4 heteroatoms. The zero-order valence-electron chi connectivity index (χ0n) is 12.0. The van der Waals surface area contributed by atoms with Crippen molar-refractivity contribution in [3.8, 4) is 0 Å². The minimum absolute atomic E-state index is 0.0956. The van der Waals surface area contributed by atoms with Crippen LogP contribution in [0.4, 0.5) is 0 Å². The normalized spacial score (nSPS) is 13.3. The Hall–Kier alpha value is -1.39. The lowest BCUT2D eigenvalue weighted by Gasteiger charge is -2.25. The first kappa shape index (κ1) is 15.7. The molecule has 1 atom stereocenters. The van der Waals surface area contributed by atoms with Gasteiger partial charge in [0.2, 0.25) is 0 Å². The number of carboxylic acids is 1. The molecule has 0 aliphatic heterocycles. The molecule has 0 saturated carbocycles. The Balaban J connectivity index is 3.01. The van der Waals surface area contributed by atoms with Gasteiger partial charge < -0.3 is 14.6 Å². The first-order valence-electron chi connectivity index (χ1n) is 6.24. The molecule has 0 aliphatic carbocycles. The second-order valence-corrected chi connectivity index (χ2v) is 5.26. The van der Waals surface area contributed by atoms with Crippen LogP contribution in [0.3, 0.4) is 0 Å². The van der Waals surface area contributed by atoms with E-state index in [0.29, 0.717) is 6.61 Å². The van der Waals surface area contributed by atoms with Crippen LogP contribution in [0.5, 0.6) is 0 Å². The van der Waals surface area contributed by atoms with Crippen LogP contribution in [-0.2, 0) is 19.7 Å². The molecular formula is C15H22O4. The van der Waals surface area contributed by atoms with Gasteiger partial charge in [0.15, 0.2) is 0 Å². The van der Waals surface area contributed by atoms with E-state index in [9.17, 15) is 4.79 Å². The van der Waals surface area contributed by atoms with Gasteiger partial charge in [-0.1, -0.05) is 38.1 Å². The van der Waals surface area contributed by atoms with E-state index >= 15 is 0 Å². The number of methoxy groups -OCH3 is 2. The average Bonchev–Trinajstić information content (AvgIpc) is 2.34. The molecule has 0 saturated heterocycles. The van der Waals surface area contributed by atoms with Crippen molar-refractivity contribution in [1.29, 1.82) is 0 Å². The zero-order chi connectivity index (χ0) is 14.5. The maximum Gasteiger partial charge on any atom is 0.304 e. The van der Waals surface area contributed by atoms with Crippen LogP contribution in [0.1, 0.15) is 37.5 Å². The zero-order valence-corrected chi connectivity index (χ0v) is 12.0. The lowest BCUT2D eigenvalue weighted by molar-refractivity contribution is -0.138. The van der Waals surface area contributed by atoms with Gasteiger partial charge in [0.05, 0.1) is 13.0 Å². The number of hydrogen-bond donors (Lipinski definition) is 1. The minimum Gasteiger partial charge on any atom is -0.481 e. The Labute approximate surface area is 114 Å². The molecule has 1 aromatic carbocycles. The van der Waals surface area contributed by atoms with Gasteiger partial charge in [-0.3, -0.25) is 4.79 Å². The molecule has 1 rings (SSSR count). The summed E-state index contributed by atoms with van der Waals surface area (Å²) in [6.45, 7) is 4.33. The third-order valence-corrected chi connectivity index (χ3v) is 3.24. The summed E-state index contributed by atoms with van der Waals surface area (Å²) in [4.78, 5) is 10.9. The summed E-state index contributed by atoms with van der Waals surface area (Å²) in [7, 11) is 3.27. The minimum atomic E-state index is -0.796. The predicted molar refractivity (Wildman–Crippen MR) is 73.3 cm³/mol. The smallest absolute Gasteiger partial charge is 0.304 e. The Morgan fingerprint density at radius 3 is 2.58 bits per heavy atom. The number of benzene rings is 1. The number of aliphatic carboxylic acids is 1. The van der Waals surface area contributed by atoms with Crippen LogP contribution in [0.25, 0.3) is 0 Å². The fourth-order valence-electron chi connectivity index (χ4n) is 2.09. The quantitative estimate of drug-likeness (QED) is 0.824. The Kier molecular flexibility index (Phi) is 5.51. The third-order valence-electron chi connectivity index (χ3n) is 3.24. The van der Waals surface area contributed by atoms with E-state index in [-0.39, 0.29) is 12.5 Å². The van der Waals surface area contributed by atoms with Crippen LogP contribution in [0.15, 0.2) is 24.3 Å². The van der Waals surface area contributed by atoms with Crippen molar-refractivity contribution in [3.05, 3.63) is 35.4 Å². The fourth-order valence-corrected chi connectivity index (χ4v) is 2.09. The molecule has 0 aromatic heterocycles. The molecule has 1 unspecified atom stereocenters. The molecule has 106 valence electrons. The monoisotopic (exact) mass is 266 g/mol. The van der Waals surface area contributed by atoms with Gasteiger partial charge in [-0.2, -0.15) is 0 Å². The molecule has 0 amide bonds. The van der Waals surface area contributed by atoms with Gasteiger partial charge in [-0.25, -0.2) is 0 Å². The van der Waals surface area contributed by atoms with Crippen LogP contribution in [-0.4, -0.2) is 31.9 Å². The highest BCUT2D eigenvalue weighted by atomic mass is 16.5. The van der Waals surface area contributed by atoms with E-state index < -0.39 is 11.4 Å². The first-order chi connectivity index (χ1) is 8.90. The van der Waals surface area contributed by atoms with Crippen molar-refractivity contribution >= 4 is 5.97 Å². The van der Waals surface area contributed by atoms with E-state index in [0.717, 1.165) is 11.1 Å². The summed E-state index contributed by atoms with van der Waals surface area (Å²) in [5.41, 5.74) is 1.58. The Bertz CT molecular complexity index is 426. The molecule has 4 nitrogen and oxygen atoms in total. The molecule has 0 spiro atoms. The summed E-state index contributed by atoms with van der Waals surface area (Å²) >= 11 is 0. The van der Waals surface area contributed by atoms with Gasteiger partial charge in [-0.15, -0.1) is 0 Å². The highest BCUT2D eigenvalue weighted by Crippen LogP contribution is 2.29. The predicted octanol–water partition coefficient (Wildman–Crippen LogP) is 2.77. The van der Waals surface area contributed by atoms with E-state index in [2.05, 4.69) is 0 Å². The third kappa shape index (κ3) is 4.33. The van der Waals surface area contributed by atoms with Gasteiger partial charge in [0.25, 0.3) is 0 Å². The van der Waals surface area contributed by atoms with Crippen LogP contribution < -0.4 is 0 Å². The van der Waals surface area contributed by atoms with Gasteiger partial charge in [0, 0.05) is 19.6 Å². The number of carbonyl (C=O) groups is 1. The van der Waals surface area contributed by atoms with E-state index in [1.54, 1.807) is 14.2 Å². The Morgan fingerprint density at radius 2 is 2.05 bits per heavy atom. The molecule has 1 N–H and O–H groups in total. The first-order valence-corrected chi connectivity index (χ1v) is 6.24. The van der Waals surface area contributed by atoms with Crippen LogP contribution in [0.2, 0.25) is 0 Å². The highest BCUT2D eigenvalue weighted by Gasteiger charge is 2.25. The van der Waals surface area contributed by atoms with Crippen molar-refractivity contribution in [2.75, 3.05) is 20.8 Å². The molecule has 1 aromatic rings. The fraction of sp³-hybridized carbons (Fsp3) is 0.533. The van der Waals surface area contributed by atoms with Crippen molar-refractivity contribution < 1.29 is 19.4 Å². The van der Waals surface area contributed by atoms with E-state index in [1.165, 1.54) is 0 Å². The largest absolute Gasteiger partial charge is 0.481 e. The highest BCUT2D eigenvalue weighted by molar-refractivity contribution is 5.68. The summed E-state index contributed by atoms with van der Waals surface area (Å²) in [6, 6.07) is 7.84. The van der Waals surface area contributed by atoms with Gasteiger partial charge in [0.1, 0.15) is 6.10 Å². The maximum atomic E-state index is 10.9. The van der Waals surface area contributed by atoms with E-state index in [1.807, 2.05) is 38.1 Å². The molecule has 0 bridgehead atoms. The summed E-state index contributed by atoms with van der Waals surface area (Å²) in [5, 5.41) is 8.97. The number of ether oxygens (including phenoxy) is 2. The molecule has 19 heavy (non-hydrogen) atoms. The summed E-state index contributed by atoms with van der Waals surface area (Å²) in [6.07, 6.45) is -0.0381. The molecule has 0 radical (unpaired) electrons. The van der Waals surface area contributed by atoms with E-state index in [4.69, 9.17) is 14.6 Å². The lowest BCUT2D eigenvalue weighted by Crippen LogP contribution is -2.22. The van der Waals surface area contributed by atoms with Gasteiger partial charge in [-0.05, 0) is 11.1 Å². The summed E-state index contributed by atoms with van der Waals surface area (Å²) < 4.78 is 10.5. The topological polar surface area (TPSA) is 55.8 Å². The number of carboxylic acid groups (broad SMARTS) is 1. The maximum absolute atomic E-state index is 10.9. The van der Waals surface area contributed by atoms with Gasteiger partial charge >= 0.3 is 5.97 Å². The lowest BCUT2D eigenvalue weighted by atomic mass is 9.80. The number of hydrogen-bond acceptors (Lipinski definition) is 3. The average molecular weight is 266 g/mol. The van der Waals surface area contributed by atoms with Crippen LogP contribution >= 0.6 is 0 Å². The second kappa shape index (κ2) is 6.68. The SMILES string of the molecule is COCC(OC)c1cccc(C(C)(C)CC(=O)O)c1. The van der Waals surface area contributed by atoms with Crippen molar-refractivity contribution in [2.45, 2.75) is 31.8 Å². The molecular weight excluding hydrogens is 244 g/mol. The molecule has 0 aliphatic rings.